The van der Waals surface area contributed by atoms with Crippen molar-refractivity contribution in [3.05, 3.63) is 18.1 Å². The molecule has 2 rings (SSSR count). The van der Waals surface area contributed by atoms with Crippen molar-refractivity contribution in [2.75, 3.05) is 26.0 Å². The molecule has 5 nitrogen and oxygen atoms in total. The number of hydrogen-bond acceptors (Lipinski definition) is 5. The SMILES string of the molecule is CNc1cnc(CN(C)CC2(O)CCCC2)cn1. The minimum atomic E-state index is -0.493. The first-order valence-electron chi connectivity index (χ1n) is 6.51. The van der Waals surface area contributed by atoms with E-state index in [2.05, 4.69) is 20.2 Å². The smallest absolute Gasteiger partial charge is 0.144 e. The van der Waals surface area contributed by atoms with Crippen LogP contribution >= 0.6 is 0 Å². The Labute approximate surface area is 108 Å². The molecule has 0 aromatic carbocycles. The lowest BCUT2D eigenvalue weighted by Crippen LogP contribution is -2.38. The molecule has 1 aliphatic rings. The minimum absolute atomic E-state index is 0.493. The fraction of sp³-hybridized carbons (Fsp3) is 0.692. The number of anilines is 1. The van der Waals surface area contributed by atoms with Gasteiger partial charge in [0.25, 0.3) is 0 Å². The summed E-state index contributed by atoms with van der Waals surface area (Å²) in [6.07, 6.45) is 7.62. The van der Waals surface area contributed by atoms with Crippen molar-refractivity contribution in [2.45, 2.75) is 37.8 Å². The summed E-state index contributed by atoms with van der Waals surface area (Å²) in [7, 11) is 3.84. The molecule has 1 aliphatic carbocycles. The lowest BCUT2D eigenvalue weighted by Gasteiger charge is -2.28. The van der Waals surface area contributed by atoms with E-state index in [-0.39, 0.29) is 0 Å². The largest absolute Gasteiger partial charge is 0.389 e. The van der Waals surface area contributed by atoms with Crippen molar-refractivity contribution >= 4 is 5.82 Å². The molecule has 0 atom stereocenters. The number of likely N-dealkylation sites (N-methyl/N-ethyl adjacent to an activating group) is 1. The summed E-state index contributed by atoms with van der Waals surface area (Å²) in [5, 5.41) is 13.3. The topological polar surface area (TPSA) is 61.3 Å². The molecular weight excluding hydrogens is 228 g/mol. The van der Waals surface area contributed by atoms with Gasteiger partial charge in [0.15, 0.2) is 0 Å². The fourth-order valence-corrected chi connectivity index (χ4v) is 2.59. The molecule has 0 aliphatic heterocycles. The predicted octanol–water partition coefficient (Wildman–Crippen LogP) is 1.26. The second-order valence-electron chi connectivity index (χ2n) is 5.25. The Kier molecular flexibility index (Phi) is 4.14. The minimum Gasteiger partial charge on any atom is -0.389 e. The molecule has 0 amide bonds. The lowest BCUT2D eigenvalue weighted by molar-refractivity contribution is 0.0142. The van der Waals surface area contributed by atoms with E-state index in [0.29, 0.717) is 6.54 Å². The first-order valence-corrected chi connectivity index (χ1v) is 6.51. The Balaban J connectivity index is 1.88. The summed E-state index contributed by atoms with van der Waals surface area (Å²) in [6, 6.07) is 0. The zero-order valence-corrected chi connectivity index (χ0v) is 11.2. The zero-order chi connectivity index (χ0) is 13.0. The second-order valence-corrected chi connectivity index (χ2v) is 5.25. The van der Waals surface area contributed by atoms with E-state index in [1.165, 1.54) is 0 Å². The number of hydrogen-bond donors (Lipinski definition) is 2. The summed E-state index contributed by atoms with van der Waals surface area (Å²) in [4.78, 5) is 10.7. The van der Waals surface area contributed by atoms with E-state index < -0.39 is 5.60 Å². The molecule has 100 valence electrons. The van der Waals surface area contributed by atoms with Gasteiger partial charge in [0.05, 0.1) is 23.7 Å². The highest BCUT2D eigenvalue weighted by atomic mass is 16.3. The van der Waals surface area contributed by atoms with Gasteiger partial charge in [-0.25, -0.2) is 4.98 Å². The Morgan fingerprint density at radius 1 is 1.33 bits per heavy atom. The monoisotopic (exact) mass is 250 g/mol. The highest BCUT2D eigenvalue weighted by Gasteiger charge is 2.32. The first kappa shape index (κ1) is 13.2. The molecule has 0 spiro atoms. The van der Waals surface area contributed by atoms with Crippen LogP contribution in [-0.2, 0) is 6.54 Å². The molecule has 18 heavy (non-hydrogen) atoms. The fourth-order valence-electron chi connectivity index (χ4n) is 2.59. The van der Waals surface area contributed by atoms with Crippen LogP contribution in [0.3, 0.4) is 0 Å². The maximum absolute atomic E-state index is 10.3. The summed E-state index contributed by atoms with van der Waals surface area (Å²) < 4.78 is 0. The van der Waals surface area contributed by atoms with Crippen molar-refractivity contribution in [3.8, 4) is 0 Å². The van der Waals surface area contributed by atoms with E-state index in [9.17, 15) is 5.11 Å². The molecule has 1 aromatic heterocycles. The van der Waals surface area contributed by atoms with Crippen LogP contribution in [0.25, 0.3) is 0 Å². The van der Waals surface area contributed by atoms with E-state index in [4.69, 9.17) is 0 Å². The first-order chi connectivity index (χ1) is 8.61. The number of nitrogens with zero attached hydrogens (tertiary/aromatic N) is 3. The third-order valence-corrected chi connectivity index (χ3v) is 3.49. The Morgan fingerprint density at radius 2 is 2.06 bits per heavy atom. The number of aromatic nitrogens is 2. The van der Waals surface area contributed by atoms with Crippen LogP contribution in [0.5, 0.6) is 0 Å². The maximum Gasteiger partial charge on any atom is 0.144 e. The van der Waals surface area contributed by atoms with Crippen molar-refractivity contribution in [1.82, 2.24) is 14.9 Å². The summed E-state index contributed by atoms with van der Waals surface area (Å²) in [5.41, 5.74) is 0.436. The highest BCUT2D eigenvalue weighted by molar-refractivity contribution is 5.29. The highest BCUT2D eigenvalue weighted by Crippen LogP contribution is 2.30. The van der Waals surface area contributed by atoms with Crippen molar-refractivity contribution in [3.63, 3.8) is 0 Å². The van der Waals surface area contributed by atoms with Gasteiger partial charge in [-0.05, 0) is 19.9 Å². The van der Waals surface area contributed by atoms with E-state index in [1.54, 1.807) is 12.4 Å². The standard InChI is InChI=1S/C13H22N4O/c1-14-12-8-15-11(7-16-12)9-17(2)10-13(18)5-3-4-6-13/h7-8,18H,3-6,9-10H2,1-2H3,(H,14,16). The van der Waals surface area contributed by atoms with Crippen LogP contribution in [0.1, 0.15) is 31.4 Å². The van der Waals surface area contributed by atoms with Gasteiger partial charge in [0.1, 0.15) is 5.82 Å². The Morgan fingerprint density at radius 3 is 2.61 bits per heavy atom. The molecule has 0 unspecified atom stereocenters. The molecular formula is C13H22N4O. The van der Waals surface area contributed by atoms with Crippen LogP contribution in [0.15, 0.2) is 12.4 Å². The third-order valence-electron chi connectivity index (χ3n) is 3.49. The average Bonchev–Trinajstić information content (AvgIpc) is 2.76. The molecule has 1 aromatic rings. The lowest BCUT2D eigenvalue weighted by atomic mass is 10.0. The number of rotatable bonds is 5. The summed E-state index contributed by atoms with van der Waals surface area (Å²) >= 11 is 0. The molecule has 0 saturated heterocycles. The van der Waals surface area contributed by atoms with Gasteiger partial charge in [-0.2, -0.15) is 0 Å². The van der Waals surface area contributed by atoms with Gasteiger partial charge in [-0.1, -0.05) is 12.8 Å². The molecule has 0 radical (unpaired) electrons. The number of nitrogens with one attached hydrogen (secondary N) is 1. The molecule has 0 bridgehead atoms. The number of aliphatic hydroxyl groups is 1. The van der Waals surface area contributed by atoms with Crippen LogP contribution < -0.4 is 5.32 Å². The van der Waals surface area contributed by atoms with Crippen molar-refractivity contribution in [1.29, 1.82) is 0 Å². The third kappa shape index (κ3) is 3.40. The molecule has 1 saturated carbocycles. The molecule has 1 fully saturated rings. The quantitative estimate of drug-likeness (QED) is 0.823. The van der Waals surface area contributed by atoms with Crippen molar-refractivity contribution in [2.24, 2.45) is 0 Å². The van der Waals surface area contributed by atoms with Crippen LogP contribution in [0.2, 0.25) is 0 Å². The summed E-state index contributed by atoms with van der Waals surface area (Å²) in [5.74, 6) is 0.774. The predicted molar refractivity (Wildman–Crippen MR) is 71.3 cm³/mol. The van der Waals surface area contributed by atoms with Crippen molar-refractivity contribution < 1.29 is 5.11 Å². The van der Waals surface area contributed by atoms with Crippen LogP contribution in [0.4, 0.5) is 5.82 Å². The Hall–Kier alpha value is -1.20. The van der Waals surface area contributed by atoms with Crippen LogP contribution in [0, 0.1) is 0 Å². The van der Waals surface area contributed by atoms with E-state index in [0.717, 1.165) is 43.7 Å². The molecule has 2 N–H and O–H groups in total. The van der Waals surface area contributed by atoms with Gasteiger partial charge < -0.3 is 10.4 Å². The zero-order valence-electron chi connectivity index (χ0n) is 11.2. The van der Waals surface area contributed by atoms with Crippen LogP contribution in [-0.4, -0.2) is 46.2 Å². The normalized spacial score (nSPS) is 18.2. The van der Waals surface area contributed by atoms with E-state index >= 15 is 0 Å². The van der Waals surface area contributed by atoms with Gasteiger partial charge in [-0.15, -0.1) is 0 Å². The second kappa shape index (κ2) is 5.63. The van der Waals surface area contributed by atoms with Gasteiger partial charge in [0, 0.05) is 20.1 Å². The van der Waals surface area contributed by atoms with E-state index in [1.807, 2.05) is 14.1 Å². The molecule has 1 heterocycles. The maximum atomic E-state index is 10.3. The van der Waals surface area contributed by atoms with Gasteiger partial charge in [0.2, 0.25) is 0 Å². The average molecular weight is 250 g/mol. The van der Waals surface area contributed by atoms with Gasteiger partial charge >= 0.3 is 0 Å². The summed E-state index contributed by atoms with van der Waals surface area (Å²) in [6.45, 7) is 1.43. The molecule has 5 heteroatoms. The Bertz CT molecular complexity index is 373. The van der Waals surface area contributed by atoms with Gasteiger partial charge in [-0.3, -0.25) is 9.88 Å².